The second kappa shape index (κ2) is 8.74. The highest BCUT2D eigenvalue weighted by molar-refractivity contribution is 6.46. The summed E-state index contributed by atoms with van der Waals surface area (Å²) in [5, 5.41) is 13.1. The summed E-state index contributed by atoms with van der Waals surface area (Å²) in [7, 11) is 1.60. The Balaban J connectivity index is 1.91. The Bertz CT molecular complexity index is 1160. The molecule has 0 aromatic heterocycles. The molecule has 4 rings (SSSR count). The molecule has 1 N–H and O–H groups in total. The minimum absolute atomic E-state index is 0.127. The fraction of sp³-hybridized carbons (Fsp3) is 0.231. The van der Waals surface area contributed by atoms with Gasteiger partial charge in [-0.3, -0.25) is 9.59 Å². The first-order valence-corrected chi connectivity index (χ1v) is 10.3. The smallest absolute Gasteiger partial charge is 0.295 e. The van der Waals surface area contributed by atoms with Crippen LogP contribution in [0.15, 0.2) is 72.3 Å². The van der Waals surface area contributed by atoms with Crippen LogP contribution in [0.25, 0.3) is 16.5 Å². The van der Waals surface area contributed by atoms with E-state index in [1.165, 1.54) is 0 Å². The SMILES string of the molecule is COCCCN1C(=O)C(=O)/C(=C(/O)c2ccc(C)cc2)C1c1cccc2ccccc12. The van der Waals surface area contributed by atoms with E-state index in [1.54, 1.807) is 24.1 Å². The first kappa shape index (κ1) is 20.8. The zero-order valence-corrected chi connectivity index (χ0v) is 17.7. The summed E-state index contributed by atoms with van der Waals surface area (Å²) in [6, 6.07) is 20.3. The van der Waals surface area contributed by atoms with Crippen LogP contribution in [-0.4, -0.2) is 42.0 Å². The van der Waals surface area contributed by atoms with Crippen LogP contribution in [-0.2, 0) is 14.3 Å². The van der Waals surface area contributed by atoms with Crippen LogP contribution in [0, 0.1) is 6.92 Å². The number of nitrogens with zero attached hydrogens (tertiary/aromatic N) is 1. The summed E-state index contributed by atoms with van der Waals surface area (Å²) in [4.78, 5) is 27.7. The molecular weight excluding hydrogens is 390 g/mol. The third-order valence-electron chi connectivity index (χ3n) is 5.73. The number of hydrogen-bond donors (Lipinski definition) is 1. The zero-order valence-electron chi connectivity index (χ0n) is 17.7. The van der Waals surface area contributed by atoms with Crippen molar-refractivity contribution < 1.29 is 19.4 Å². The molecule has 1 aliphatic heterocycles. The van der Waals surface area contributed by atoms with E-state index in [0.29, 0.717) is 25.1 Å². The van der Waals surface area contributed by atoms with Gasteiger partial charge in [-0.2, -0.15) is 0 Å². The van der Waals surface area contributed by atoms with Gasteiger partial charge in [0.25, 0.3) is 11.7 Å². The van der Waals surface area contributed by atoms with Crippen LogP contribution in [0.3, 0.4) is 0 Å². The lowest BCUT2D eigenvalue weighted by molar-refractivity contribution is -0.140. The number of carbonyl (C=O) groups is 2. The second-order valence-electron chi connectivity index (χ2n) is 7.77. The molecule has 0 bridgehead atoms. The maximum Gasteiger partial charge on any atom is 0.295 e. The number of fused-ring (bicyclic) bond motifs is 1. The van der Waals surface area contributed by atoms with Crippen molar-refractivity contribution >= 4 is 28.2 Å². The molecule has 5 heteroatoms. The molecule has 1 unspecified atom stereocenters. The number of ketones is 1. The molecule has 31 heavy (non-hydrogen) atoms. The number of aliphatic hydroxyl groups excluding tert-OH is 1. The molecule has 1 heterocycles. The van der Waals surface area contributed by atoms with Crippen molar-refractivity contribution in [1.29, 1.82) is 0 Å². The van der Waals surface area contributed by atoms with Gasteiger partial charge >= 0.3 is 0 Å². The predicted octanol–water partition coefficient (Wildman–Crippen LogP) is 4.61. The lowest BCUT2D eigenvalue weighted by atomic mass is 9.91. The molecule has 3 aromatic carbocycles. The van der Waals surface area contributed by atoms with Gasteiger partial charge in [0.05, 0.1) is 11.6 Å². The molecule has 1 aliphatic rings. The Kier molecular flexibility index (Phi) is 5.87. The number of ether oxygens (including phenoxy) is 1. The number of Topliss-reactive ketones (excluding diaryl/α,β-unsaturated/α-hetero) is 1. The highest BCUT2D eigenvalue weighted by atomic mass is 16.5. The number of methoxy groups -OCH3 is 1. The number of likely N-dealkylation sites (tertiary alicyclic amines) is 1. The van der Waals surface area contributed by atoms with Gasteiger partial charge in [-0.1, -0.05) is 72.3 Å². The fourth-order valence-corrected chi connectivity index (χ4v) is 4.17. The van der Waals surface area contributed by atoms with Gasteiger partial charge in [0, 0.05) is 25.8 Å². The van der Waals surface area contributed by atoms with Gasteiger partial charge < -0.3 is 14.7 Å². The number of rotatable bonds is 6. The summed E-state index contributed by atoms with van der Waals surface area (Å²) >= 11 is 0. The Morgan fingerprint density at radius 1 is 1.00 bits per heavy atom. The predicted molar refractivity (Wildman–Crippen MR) is 121 cm³/mol. The fourth-order valence-electron chi connectivity index (χ4n) is 4.17. The van der Waals surface area contributed by atoms with Gasteiger partial charge in [0.1, 0.15) is 5.76 Å². The highest BCUT2D eigenvalue weighted by Crippen LogP contribution is 2.41. The second-order valence-corrected chi connectivity index (χ2v) is 7.77. The van der Waals surface area contributed by atoms with Crippen LogP contribution in [0.5, 0.6) is 0 Å². The average molecular weight is 415 g/mol. The quantitative estimate of drug-likeness (QED) is 0.276. The largest absolute Gasteiger partial charge is 0.507 e. The van der Waals surface area contributed by atoms with E-state index in [4.69, 9.17) is 4.74 Å². The van der Waals surface area contributed by atoms with Gasteiger partial charge in [-0.25, -0.2) is 0 Å². The van der Waals surface area contributed by atoms with E-state index in [9.17, 15) is 14.7 Å². The number of carbonyl (C=O) groups excluding carboxylic acids is 2. The normalized spacial score (nSPS) is 18.1. The van der Waals surface area contributed by atoms with E-state index >= 15 is 0 Å². The summed E-state index contributed by atoms with van der Waals surface area (Å²) in [5.41, 5.74) is 2.51. The van der Waals surface area contributed by atoms with Crippen molar-refractivity contribution in [2.75, 3.05) is 20.3 Å². The molecule has 0 aliphatic carbocycles. The van der Waals surface area contributed by atoms with Crippen LogP contribution < -0.4 is 0 Å². The van der Waals surface area contributed by atoms with Crippen molar-refractivity contribution in [1.82, 2.24) is 4.90 Å². The molecule has 1 fully saturated rings. The third-order valence-corrected chi connectivity index (χ3v) is 5.73. The topological polar surface area (TPSA) is 66.8 Å². The van der Waals surface area contributed by atoms with Crippen LogP contribution in [0.4, 0.5) is 0 Å². The van der Waals surface area contributed by atoms with Crippen molar-refractivity contribution in [2.45, 2.75) is 19.4 Å². The van der Waals surface area contributed by atoms with Gasteiger partial charge in [-0.05, 0) is 29.7 Å². The third kappa shape index (κ3) is 3.84. The van der Waals surface area contributed by atoms with Crippen LogP contribution in [0.1, 0.15) is 29.2 Å². The molecule has 1 saturated heterocycles. The summed E-state index contributed by atoms with van der Waals surface area (Å²) < 4.78 is 5.15. The number of hydrogen-bond acceptors (Lipinski definition) is 4. The maximum absolute atomic E-state index is 13.1. The molecule has 0 spiro atoms. The van der Waals surface area contributed by atoms with Crippen molar-refractivity contribution in [3.8, 4) is 0 Å². The van der Waals surface area contributed by atoms with Crippen LogP contribution in [0.2, 0.25) is 0 Å². The van der Waals surface area contributed by atoms with E-state index in [-0.39, 0.29) is 11.3 Å². The monoisotopic (exact) mass is 415 g/mol. The molecule has 1 amide bonds. The highest BCUT2D eigenvalue weighted by Gasteiger charge is 2.46. The number of benzene rings is 3. The minimum atomic E-state index is -0.663. The first-order chi connectivity index (χ1) is 15.0. The Morgan fingerprint density at radius 2 is 1.71 bits per heavy atom. The van der Waals surface area contributed by atoms with Crippen molar-refractivity contribution in [2.24, 2.45) is 0 Å². The van der Waals surface area contributed by atoms with Gasteiger partial charge in [0.15, 0.2) is 0 Å². The number of amides is 1. The lowest BCUT2D eigenvalue weighted by Crippen LogP contribution is -2.31. The Hall–Kier alpha value is -3.44. The molecular formula is C26H25NO4. The molecule has 0 saturated carbocycles. The Labute approximate surface area is 181 Å². The van der Waals surface area contributed by atoms with Crippen molar-refractivity contribution in [3.63, 3.8) is 0 Å². The summed E-state index contributed by atoms with van der Waals surface area (Å²) in [5.74, 6) is -1.40. The summed E-state index contributed by atoms with van der Waals surface area (Å²) in [6.45, 7) is 2.79. The van der Waals surface area contributed by atoms with E-state index in [2.05, 4.69) is 0 Å². The minimum Gasteiger partial charge on any atom is -0.507 e. The maximum atomic E-state index is 13.1. The average Bonchev–Trinajstić information content (AvgIpc) is 3.04. The standard InChI is InChI=1S/C26H25NO4/c1-17-11-13-19(14-12-17)24(28)22-23(27(15-6-16-31-2)26(30)25(22)29)21-10-5-8-18-7-3-4-9-20(18)21/h3-5,7-14,23,28H,6,15-16H2,1-2H3/b24-22+. The number of aryl methyl sites for hydroxylation is 1. The van der Waals surface area contributed by atoms with E-state index in [0.717, 1.165) is 21.9 Å². The number of aliphatic hydroxyl groups is 1. The van der Waals surface area contributed by atoms with Crippen LogP contribution >= 0.6 is 0 Å². The molecule has 5 nitrogen and oxygen atoms in total. The van der Waals surface area contributed by atoms with Crippen molar-refractivity contribution in [3.05, 3.63) is 89.0 Å². The van der Waals surface area contributed by atoms with Gasteiger partial charge in [-0.15, -0.1) is 0 Å². The summed E-state index contributed by atoms with van der Waals surface area (Å²) in [6.07, 6.45) is 0.593. The van der Waals surface area contributed by atoms with Gasteiger partial charge in [0.2, 0.25) is 0 Å². The molecule has 1 atom stereocenters. The lowest BCUT2D eigenvalue weighted by Gasteiger charge is -2.26. The zero-order chi connectivity index (χ0) is 22.0. The molecule has 0 radical (unpaired) electrons. The molecule has 3 aromatic rings. The van der Waals surface area contributed by atoms with E-state index < -0.39 is 17.7 Å². The molecule has 158 valence electrons. The Morgan fingerprint density at radius 3 is 2.45 bits per heavy atom. The first-order valence-electron chi connectivity index (χ1n) is 10.3. The van der Waals surface area contributed by atoms with E-state index in [1.807, 2.05) is 61.5 Å².